The molecule has 0 amide bonds. The Morgan fingerprint density at radius 2 is 1.71 bits per heavy atom. The Kier molecular flexibility index (Phi) is 5.27. The fraction of sp³-hybridized carbons (Fsp3) is 0.400. The number of likely N-dealkylation sites (N-methyl/N-ethyl adjacent to an activating group) is 1. The minimum absolute atomic E-state index is 0.233. The molecule has 2 aliphatic rings. The molecule has 1 N–H and O–H groups in total. The van der Waals surface area contributed by atoms with Gasteiger partial charge in [-0.25, -0.2) is 4.39 Å². The summed E-state index contributed by atoms with van der Waals surface area (Å²) in [6.07, 6.45) is 0.862. The van der Waals surface area contributed by atoms with Crippen molar-refractivity contribution in [1.29, 1.82) is 0 Å². The zero-order valence-corrected chi connectivity index (χ0v) is 16.8. The lowest BCUT2D eigenvalue weighted by atomic mass is 10.1. The van der Waals surface area contributed by atoms with Crippen LogP contribution in [0, 0.1) is 5.82 Å². The number of piperazine rings is 1. The van der Waals surface area contributed by atoms with Crippen LogP contribution in [0.1, 0.15) is 11.1 Å². The quantitative estimate of drug-likeness (QED) is 0.831. The van der Waals surface area contributed by atoms with Crippen LogP contribution in [-0.2, 0) is 23.2 Å². The molecular formula is C20H25FN4O2S. The molecule has 0 unspecified atom stereocenters. The van der Waals surface area contributed by atoms with E-state index in [1.54, 1.807) is 12.1 Å². The summed E-state index contributed by atoms with van der Waals surface area (Å²) in [5, 5.41) is 0. The summed E-state index contributed by atoms with van der Waals surface area (Å²) < 4.78 is 42.6. The monoisotopic (exact) mass is 404 g/mol. The summed E-state index contributed by atoms with van der Waals surface area (Å²) in [6, 6.07) is 12.2. The first kappa shape index (κ1) is 19.2. The summed E-state index contributed by atoms with van der Waals surface area (Å²) in [4.78, 5) is 4.36. The lowest BCUT2D eigenvalue weighted by Crippen LogP contribution is -2.48. The summed E-state index contributed by atoms with van der Waals surface area (Å²) in [5.41, 5.74) is 3.88. The SMILES string of the molecule is CN1CCN(S(=O)(=O)Nc2ccc3c(c2)CCN3Cc2ccc(F)cc2)CC1. The van der Waals surface area contributed by atoms with Crippen LogP contribution in [0.5, 0.6) is 0 Å². The van der Waals surface area contributed by atoms with Crippen molar-refractivity contribution in [3.8, 4) is 0 Å². The highest BCUT2D eigenvalue weighted by molar-refractivity contribution is 7.90. The predicted molar refractivity (Wildman–Crippen MR) is 109 cm³/mol. The second-order valence-electron chi connectivity index (χ2n) is 7.45. The number of nitrogens with zero attached hydrogens (tertiary/aromatic N) is 3. The lowest BCUT2D eigenvalue weighted by Gasteiger charge is -2.31. The van der Waals surface area contributed by atoms with E-state index in [9.17, 15) is 12.8 Å². The van der Waals surface area contributed by atoms with Gasteiger partial charge in [-0.1, -0.05) is 12.1 Å². The number of halogens is 1. The van der Waals surface area contributed by atoms with E-state index in [0.29, 0.717) is 25.3 Å². The maximum atomic E-state index is 13.1. The molecule has 0 saturated carbocycles. The van der Waals surface area contributed by atoms with E-state index in [2.05, 4.69) is 14.5 Å². The van der Waals surface area contributed by atoms with Crippen LogP contribution in [0.25, 0.3) is 0 Å². The van der Waals surface area contributed by atoms with Gasteiger partial charge in [0.2, 0.25) is 0 Å². The van der Waals surface area contributed by atoms with Crippen molar-refractivity contribution in [3.05, 3.63) is 59.4 Å². The molecular weight excluding hydrogens is 379 g/mol. The van der Waals surface area contributed by atoms with E-state index < -0.39 is 10.2 Å². The number of rotatable bonds is 5. The Balaban J connectivity index is 1.45. The fourth-order valence-electron chi connectivity index (χ4n) is 3.75. The highest BCUT2D eigenvalue weighted by atomic mass is 32.2. The molecule has 28 heavy (non-hydrogen) atoms. The molecule has 0 bridgehead atoms. The molecule has 2 aromatic carbocycles. The smallest absolute Gasteiger partial charge is 0.301 e. The molecule has 2 heterocycles. The first-order valence-corrected chi connectivity index (χ1v) is 10.9. The van der Waals surface area contributed by atoms with Crippen LogP contribution < -0.4 is 9.62 Å². The molecule has 0 atom stereocenters. The van der Waals surface area contributed by atoms with E-state index in [0.717, 1.165) is 42.9 Å². The van der Waals surface area contributed by atoms with Crippen LogP contribution in [0.2, 0.25) is 0 Å². The largest absolute Gasteiger partial charge is 0.367 e. The third-order valence-corrected chi connectivity index (χ3v) is 6.95. The summed E-state index contributed by atoms with van der Waals surface area (Å²) >= 11 is 0. The van der Waals surface area contributed by atoms with Crippen molar-refractivity contribution in [2.75, 3.05) is 49.4 Å². The van der Waals surface area contributed by atoms with Crippen molar-refractivity contribution in [1.82, 2.24) is 9.21 Å². The lowest BCUT2D eigenvalue weighted by molar-refractivity contribution is 0.223. The Hall–Kier alpha value is -2.16. The number of hydrogen-bond acceptors (Lipinski definition) is 4. The maximum absolute atomic E-state index is 13.1. The van der Waals surface area contributed by atoms with Crippen LogP contribution in [0.3, 0.4) is 0 Å². The van der Waals surface area contributed by atoms with Crippen molar-refractivity contribution in [3.63, 3.8) is 0 Å². The zero-order chi connectivity index (χ0) is 19.7. The minimum Gasteiger partial charge on any atom is -0.367 e. The molecule has 0 spiro atoms. The molecule has 2 aliphatic heterocycles. The van der Waals surface area contributed by atoms with Gasteiger partial charge in [0.25, 0.3) is 0 Å². The first-order valence-electron chi connectivity index (χ1n) is 9.49. The standard InChI is InChI=1S/C20H25FN4O2S/c1-23-10-12-25(13-11-23)28(26,27)22-19-6-7-20-17(14-19)8-9-24(20)15-16-2-4-18(21)5-3-16/h2-7,14,22H,8-13,15H2,1H3. The summed E-state index contributed by atoms with van der Waals surface area (Å²) in [6.45, 7) is 4.05. The molecule has 0 aromatic heterocycles. The van der Waals surface area contributed by atoms with Gasteiger partial charge in [0.05, 0.1) is 5.69 Å². The third-order valence-electron chi connectivity index (χ3n) is 5.41. The van der Waals surface area contributed by atoms with Crippen LogP contribution in [-0.4, -0.2) is 57.4 Å². The number of hydrogen-bond donors (Lipinski definition) is 1. The Bertz CT molecular complexity index is 941. The number of anilines is 2. The average Bonchev–Trinajstić information content (AvgIpc) is 3.06. The van der Waals surface area contributed by atoms with Gasteiger partial charge in [0.15, 0.2) is 0 Å². The van der Waals surface area contributed by atoms with Gasteiger partial charge in [0, 0.05) is 45.0 Å². The van der Waals surface area contributed by atoms with E-state index >= 15 is 0 Å². The van der Waals surface area contributed by atoms with E-state index in [-0.39, 0.29) is 5.82 Å². The second-order valence-corrected chi connectivity index (χ2v) is 9.12. The van der Waals surface area contributed by atoms with Crippen molar-refractivity contribution in [2.24, 2.45) is 0 Å². The second kappa shape index (κ2) is 7.69. The predicted octanol–water partition coefficient (Wildman–Crippen LogP) is 2.29. The van der Waals surface area contributed by atoms with Gasteiger partial charge < -0.3 is 9.80 Å². The van der Waals surface area contributed by atoms with Gasteiger partial charge in [-0.3, -0.25) is 4.72 Å². The Morgan fingerprint density at radius 1 is 1.00 bits per heavy atom. The van der Waals surface area contributed by atoms with Crippen LogP contribution >= 0.6 is 0 Å². The van der Waals surface area contributed by atoms with Crippen LogP contribution in [0.15, 0.2) is 42.5 Å². The van der Waals surface area contributed by atoms with Gasteiger partial charge in [-0.05, 0) is 54.9 Å². The third kappa shape index (κ3) is 4.14. The van der Waals surface area contributed by atoms with Crippen molar-refractivity contribution < 1.29 is 12.8 Å². The van der Waals surface area contributed by atoms with E-state index in [1.807, 2.05) is 25.2 Å². The molecule has 4 rings (SSSR count). The molecule has 6 nitrogen and oxygen atoms in total. The average molecular weight is 405 g/mol. The van der Waals surface area contributed by atoms with E-state index in [4.69, 9.17) is 0 Å². The molecule has 1 fully saturated rings. The highest BCUT2D eigenvalue weighted by Crippen LogP contribution is 2.32. The maximum Gasteiger partial charge on any atom is 0.301 e. The Labute approximate surface area is 165 Å². The molecule has 150 valence electrons. The molecule has 1 saturated heterocycles. The molecule has 8 heteroatoms. The number of nitrogens with one attached hydrogen (secondary N) is 1. The molecule has 0 aliphatic carbocycles. The van der Waals surface area contributed by atoms with Crippen molar-refractivity contribution in [2.45, 2.75) is 13.0 Å². The van der Waals surface area contributed by atoms with Gasteiger partial charge in [-0.2, -0.15) is 12.7 Å². The summed E-state index contributed by atoms with van der Waals surface area (Å²) in [5.74, 6) is -0.233. The fourth-order valence-corrected chi connectivity index (χ4v) is 4.95. The minimum atomic E-state index is -3.54. The summed E-state index contributed by atoms with van der Waals surface area (Å²) in [7, 11) is -1.54. The normalized spacial score (nSPS) is 18.3. The Morgan fingerprint density at radius 3 is 2.43 bits per heavy atom. The van der Waals surface area contributed by atoms with E-state index in [1.165, 1.54) is 16.4 Å². The highest BCUT2D eigenvalue weighted by Gasteiger charge is 2.26. The van der Waals surface area contributed by atoms with Gasteiger partial charge in [-0.15, -0.1) is 0 Å². The van der Waals surface area contributed by atoms with Gasteiger partial charge >= 0.3 is 10.2 Å². The topological polar surface area (TPSA) is 55.9 Å². The first-order chi connectivity index (χ1) is 13.4. The number of fused-ring (bicyclic) bond motifs is 1. The molecule has 2 aromatic rings. The van der Waals surface area contributed by atoms with Crippen molar-refractivity contribution >= 4 is 21.6 Å². The molecule has 0 radical (unpaired) electrons. The van der Waals surface area contributed by atoms with Crippen LogP contribution in [0.4, 0.5) is 15.8 Å². The number of benzene rings is 2. The van der Waals surface area contributed by atoms with Gasteiger partial charge in [0.1, 0.15) is 5.82 Å². The zero-order valence-electron chi connectivity index (χ0n) is 15.9.